The van der Waals surface area contributed by atoms with Crippen LogP contribution in [0.3, 0.4) is 0 Å². The average molecular weight is 253 g/mol. The molecule has 0 fully saturated rings. The third kappa shape index (κ3) is 2.70. The molecule has 2 heterocycles. The van der Waals surface area contributed by atoms with E-state index in [0.717, 1.165) is 12.2 Å². The van der Waals surface area contributed by atoms with E-state index in [9.17, 15) is 9.90 Å². The number of carbonyl (C=O) groups is 1. The summed E-state index contributed by atoms with van der Waals surface area (Å²) in [4.78, 5) is 13.8. The van der Waals surface area contributed by atoms with Gasteiger partial charge in [0, 0.05) is 19.3 Å². The molecule has 0 saturated carbocycles. The van der Waals surface area contributed by atoms with Crippen molar-refractivity contribution in [2.75, 3.05) is 19.8 Å². The van der Waals surface area contributed by atoms with E-state index in [0.29, 0.717) is 19.6 Å². The molecule has 1 atom stereocenters. The van der Waals surface area contributed by atoms with Crippen molar-refractivity contribution in [1.29, 1.82) is 0 Å². The molecule has 1 N–H and O–H groups in total. The van der Waals surface area contributed by atoms with Crippen molar-refractivity contribution in [2.45, 2.75) is 32.5 Å². The topological polar surface area (TPSA) is 67.6 Å². The van der Waals surface area contributed by atoms with Crippen molar-refractivity contribution >= 4 is 5.91 Å². The number of aromatic nitrogens is 2. The molecule has 1 aliphatic heterocycles. The molecule has 1 aliphatic rings. The van der Waals surface area contributed by atoms with Gasteiger partial charge in [-0.2, -0.15) is 5.10 Å². The van der Waals surface area contributed by atoms with Crippen molar-refractivity contribution < 1.29 is 14.6 Å². The molecular weight excluding hydrogens is 234 g/mol. The Morgan fingerprint density at radius 2 is 2.50 bits per heavy atom. The Morgan fingerprint density at radius 1 is 1.67 bits per heavy atom. The number of ether oxygens (including phenoxy) is 1. The highest BCUT2D eigenvalue weighted by Gasteiger charge is 2.27. The number of hydrogen-bond donors (Lipinski definition) is 1. The van der Waals surface area contributed by atoms with Crippen LogP contribution in [0, 0.1) is 0 Å². The summed E-state index contributed by atoms with van der Waals surface area (Å²) in [7, 11) is 0. The van der Waals surface area contributed by atoms with Crippen molar-refractivity contribution in [1.82, 2.24) is 14.7 Å². The normalized spacial score (nSPS) is 19.4. The summed E-state index contributed by atoms with van der Waals surface area (Å²) >= 11 is 0. The molecule has 6 nitrogen and oxygen atoms in total. The van der Waals surface area contributed by atoms with Gasteiger partial charge in [0.25, 0.3) is 0 Å². The lowest BCUT2D eigenvalue weighted by Crippen LogP contribution is -2.43. The second-order valence-electron chi connectivity index (χ2n) is 4.33. The Balaban J connectivity index is 2.12. The van der Waals surface area contributed by atoms with Crippen LogP contribution >= 0.6 is 0 Å². The van der Waals surface area contributed by atoms with Crippen LogP contribution in [0.4, 0.5) is 0 Å². The number of rotatable bonds is 4. The molecular formula is C12H19N3O3. The number of nitrogens with zero attached hydrogens (tertiary/aromatic N) is 3. The number of amides is 1. The Kier molecular flexibility index (Phi) is 4.33. The fourth-order valence-electron chi connectivity index (χ4n) is 2.18. The molecule has 100 valence electrons. The molecule has 1 aromatic rings. The summed E-state index contributed by atoms with van der Waals surface area (Å²) in [6.07, 6.45) is 2.45. The predicted molar refractivity (Wildman–Crippen MR) is 64.8 cm³/mol. The van der Waals surface area contributed by atoms with E-state index in [-0.39, 0.29) is 25.2 Å². The number of aliphatic hydroxyl groups excluding tert-OH is 1. The van der Waals surface area contributed by atoms with Gasteiger partial charge in [-0.25, -0.2) is 0 Å². The van der Waals surface area contributed by atoms with Crippen molar-refractivity contribution in [2.24, 2.45) is 0 Å². The van der Waals surface area contributed by atoms with Gasteiger partial charge < -0.3 is 14.7 Å². The lowest BCUT2D eigenvalue weighted by atomic mass is 10.2. The highest BCUT2D eigenvalue weighted by Crippen LogP contribution is 2.17. The smallest absolute Gasteiger partial charge is 0.249 e. The Morgan fingerprint density at radius 3 is 3.22 bits per heavy atom. The Hall–Kier alpha value is -1.40. The minimum atomic E-state index is -0.153. The number of aliphatic hydroxyl groups is 1. The zero-order chi connectivity index (χ0) is 13.0. The molecule has 1 unspecified atom stereocenters. The van der Waals surface area contributed by atoms with Crippen LogP contribution in [-0.4, -0.2) is 51.6 Å². The van der Waals surface area contributed by atoms with E-state index in [2.05, 4.69) is 5.10 Å². The van der Waals surface area contributed by atoms with Gasteiger partial charge in [-0.1, -0.05) is 0 Å². The number of aryl methyl sites for hydroxylation is 1. The largest absolute Gasteiger partial charge is 0.394 e. The Labute approximate surface area is 106 Å². The summed E-state index contributed by atoms with van der Waals surface area (Å²) in [6, 6.07) is 1.75. The highest BCUT2D eigenvalue weighted by molar-refractivity contribution is 5.77. The molecule has 0 aliphatic carbocycles. The van der Waals surface area contributed by atoms with Crippen molar-refractivity contribution in [3.05, 3.63) is 18.0 Å². The zero-order valence-corrected chi connectivity index (χ0v) is 10.6. The second kappa shape index (κ2) is 5.97. The van der Waals surface area contributed by atoms with Gasteiger partial charge in [-0.3, -0.25) is 9.48 Å². The van der Waals surface area contributed by atoms with Crippen molar-refractivity contribution in [3.8, 4) is 0 Å². The molecule has 1 amide bonds. The van der Waals surface area contributed by atoms with Gasteiger partial charge in [0.2, 0.25) is 5.91 Å². The minimum absolute atomic E-state index is 0.0251. The molecule has 0 bridgehead atoms. The lowest BCUT2D eigenvalue weighted by molar-refractivity contribution is -0.140. The van der Waals surface area contributed by atoms with Gasteiger partial charge in [0.1, 0.15) is 6.61 Å². The van der Waals surface area contributed by atoms with Gasteiger partial charge in [-0.15, -0.1) is 0 Å². The summed E-state index contributed by atoms with van der Waals surface area (Å²) in [5.41, 5.74) is 0.996. The average Bonchev–Trinajstić information content (AvgIpc) is 2.75. The zero-order valence-electron chi connectivity index (χ0n) is 10.6. The molecule has 0 spiro atoms. The minimum Gasteiger partial charge on any atom is -0.394 e. The molecule has 1 aromatic heterocycles. The van der Waals surface area contributed by atoms with E-state index in [4.69, 9.17) is 4.74 Å². The quantitative estimate of drug-likeness (QED) is 0.821. The number of carbonyl (C=O) groups excluding carboxylic acids is 1. The monoisotopic (exact) mass is 253 g/mol. The first kappa shape index (κ1) is 13.0. The van der Waals surface area contributed by atoms with E-state index >= 15 is 0 Å². The van der Waals surface area contributed by atoms with E-state index in [1.165, 1.54) is 0 Å². The molecule has 6 heteroatoms. The third-order valence-corrected chi connectivity index (χ3v) is 3.21. The maximum atomic E-state index is 12.1. The maximum Gasteiger partial charge on any atom is 0.249 e. The van der Waals surface area contributed by atoms with Crippen LogP contribution in [0.5, 0.6) is 0 Å². The Bertz CT molecular complexity index is 405. The maximum absolute atomic E-state index is 12.1. The van der Waals surface area contributed by atoms with Gasteiger partial charge >= 0.3 is 0 Å². The molecule has 2 rings (SSSR count). The molecule has 0 saturated heterocycles. The molecule has 18 heavy (non-hydrogen) atoms. The second-order valence-corrected chi connectivity index (χ2v) is 4.33. The first-order chi connectivity index (χ1) is 8.76. The predicted octanol–water partition coefficient (Wildman–Crippen LogP) is 0.0128. The third-order valence-electron chi connectivity index (χ3n) is 3.21. The standard InChI is InChI=1S/C12H19N3O3/c1-2-18-9-12(17)14-7-10-3-5-13-15(10)6-4-11(14)8-16/h3,5,11,16H,2,4,6-9H2,1H3. The van der Waals surface area contributed by atoms with E-state index < -0.39 is 0 Å². The van der Waals surface area contributed by atoms with Crippen LogP contribution in [-0.2, 0) is 22.6 Å². The lowest BCUT2D eigenvalue weighted by Gasteiger charge is -2.28. The SMILES string of the molecule is CCOCC(=O)N1Cc2ccnn2CCC1CO. The van der Waals surface area contributed by atoms with Crippen LogP contribution < -0.4 is 0 Å². The molecule has 0 radical (unpaired) electrons. The van der Waals surface area contributed by atoms with Crippen LogP contribution in [0.1, 0.15) is 19.0 Å². The van der Waals surface area contributed by atoms with Crippen LogP contribution in [0.25, 0.3) is 0 Å². The van der Waals surface area contributed by atoms with E-state index in [1.807, 2.05) is 17.7 Å². The first-order valence-electron chi connectivity index (χ1n) is 6.25. The fraction of sp³-hybridized carbons (Fsp3) is 0.667. The number of fused-ring (bicyclic) bond motifs is 1. The van der Waals surface area contributed by atoms with Crippen LogP contribution in [0.2, 0.25) is 0 Å². The highest BCUT2D eigenvalue weighted by atomic mass is 16.5. The van der Waals surface area contributed by atoms with Crippen LogP contribution in [0.15, 0.2) is 12.3 Å². The van der Waals surface area contributed by atoms with Gasteiger partial charge in [0.15, 0.2) is 0 Å². The fourth-order valence-corrected chi connectivity index (χ4v) is 2.18. The van der Waals surface area contributed by atoms with E-state index in [1.54, 1.807) is 11.1 Å². The summed E-state index contributed by atoms with van der Waals surface area (Å²) in [5, 5.41) is 13.6. The van der Waals surface area contributed by atoms with Crippen molar-refractivity contribution in [3.63, 3.8) is 0 Å². The van der Waals surface area contributed by atoms with Gasteiger partial charge in [-0.05, 0) is 19.4 Å². The number of hydrogen-bond acceptors (Lipinski definition) is 4. The molecule has 0 aromatic carbocycles. The summed E-state index contributed by atoms with van der Waals surface area (Å²) in [6.45, 7) is 3.63. The first-order valence-corrected chi connectivity index (χ1v) is 6.25. The summed E-state index contributed by atoms with van der Waals surface area (Å²) < 4.78 is 7.04. The summed E-state index contributed by atoms with van der Waals surface area (Å²) in [5.74, 6) is -0.0782. The van der Waals surface area contributed by atoms with Gasteiger partial charge in [0.05, 0.1) is 24.9 Å².